The zero-order valence-electron chi connectivity index (χ0n) is 14.2. The van der Waals surface area contributed by atoms with E-state index in [4.69, 9.17) is 14.6 Å². The molecule has 2 rings (SSSR count). The first kappa shape index (κ1) is 19.6. The highest BCUT2D eigenvalue weighted by Crippen LogP contribution is 2.24. The summed E-state index contributed by atoms with van der Waals surface area (Å²) in [6, 6.07) is 4.59. The Morgan fingerprint density at radius 1 is 1.36 bits per heavy atom. The van der Waals surface area contributed by atoms with Gasteiger partial charge in [0.2, 0.25) is 10.0 Å². The summed E-state index contributed by atoms with van der Waals surface area (Å²) in [5, 5.41) is 11.3. The number of aliphatic hydroxyl groups is 1. The van der Waals surface area contributed by atoms with Gasteiger partial charge in [-0.25, -0.2) is 8.42 Å². The molecule has 0 radical (unpaired) electrons. The quantitative estimate of drug-likeness (QED) is 0.617. The molecular weight excluding hydrogens is 348 g/mol. The molecule has 0 saturated carbocycles. The predicted molar refractivity (Wildman–Crippen MR) is 91.0 cm³/mol. The average Bonchev–Trinajstić information content (AvgIpc) is 2.61. The number of hydrogen-bond donors (Lipinski definition) is 2. The zero-order valence-corrected chi connectivity index (χ0v) is 15.0. The largest absolute Gasteiger partial charge is 0.484 e. The van der Waals surface area contributed by atoms with Crippen molar-refractivity contribution in [3.63, 3.8) is 0 Å². The van der Waals surface area contributed by atoms with Crippen LogP contribution in [0.1, 0.15) is 12.0 Å². The summed E-state index contributed by atoms with van der Waals surface area (Å²) in [4.78, 5) is 11.8. The van der Waals surface area contributed by atoms with Gasteiger partial charge in [0.25, 0.3) is 5.91 Å². The Kier molecular flexibility index (Phi) is 7.18. The number of nitrogens with zero attached hydrogens (tertiary/aromatic N) is 1. The first-order chi connectivity index (χ1) is 11.9. The van der Waals surface area contributed by atoms with E-state index in [0.717, 1.165) is 0 Å². The molecule has 1 aliphatic heterocycles. The van der Waals surface area contributed by atoms with E-state index >= 15 is 0 Å². The van der Waals surface area contributed by atoms with Crippen molar-refractivity contribution in [2.45, 2.75) is 18.2 Å². The fourth-order valence-electron chi connectivity index (χ4n) is 2.38. The minimum absolute atomic E-state index is 0.0132. The maximum Gasteiger partial charge on any atom is 0.257 e. The molecule has 1 saturated heterocycles. The number of nitrogens with one attached hydrogen (secondary N) is 1. The molecule has 2 N–H and O–H groups in total. The summed E-state index contributed by atoms with van der Waals surface area (Å²) in [6.07, 6.45) is 0.485. The fraction of sp³-hybridized carbons (Fsp3) is 0.562. The Balaban J connectivity index is 1.99. The van der Waals surface area contributed by atoms with E-state index in [9.17, 15) is 13.2 Å². The third-order valence-electron chi connectivity index (χ3n) is 3.77. The molecule has 0 spiro atoms. The molecule has 0 bridgehead atoms. The molecule has 1 heterocycles. The fourth-order valence-corrected chi connectivity index (χ4v) is 3.88. The lowest BCUT2D eigenvalue weighted by Crippen LogP contribution is -2.40. The van der Waals surface area contributed by atoms with Gasteiger partial charge in [-0.3, -0.25) is 4.79 Å². The van der Waals surface area contributed by atoms with Crippen molar-refractivity contribution in [2.24, 2.45) is 0 Å². The summed E-state index contributed by atoms with van der Waals surface area (Å²) >= 11 is 0. The number of ether oxygens (including phenoxy) is 2. The van der Waals surface area contributed by atoms with E-state index in [1.165, 1.54) is 10.4 Å². The van der Waals surface area contributed by atoms with E-state index in [1.807, 2.05) is 0 Å². The second kappa shape index (κ2) is 9.14. The molecule has 0 aliphatic carbocycles. The summed E-state index contributed by atoms with van der Waals surface area (Å²) in [6.45, 7) is 3.43. The molecule has 0 atom stereocenters. The van der Waals surface area contributed by atoms with Crippen molar-refractivity contribution in [3.8, 4) is 5.75 Å². The van der Waals surface area contributed by atoms with Gasteiger partial charge in [0.05, 0.1) is 18.1 Å². The number of rotatable bonds is 8. The van der Waals surface area contributed by atoms with Gasteiger partial charge in [-0.15, -0.1) is 0 Å². The van der Waals surface area contributed by atoms with Crippen LogP contribution < -0.4 is 10.1 Å². The molecule has 0 unspecified atom stereocenters. The normalized spacial score (nSPS) is 15.8. The van der Waals surface area contributed by atoms with Crippen molar-refractivity contribution >= 4 is 15.9 Å². The van der Waals surface area contributed by atoms with Crippen LogP contribution in [0, 0.1) is 6.92 Å². The average molecular weight is 372 g/mol. The number of amides is 1. The van der Waals surface area contributed by atoms with Gasteiger partial charge in [0.15, 0.2) is 6.61 Å². The van der Waals surface area contributed by atoms with Crippen LogP contribution >= 0.6 is 0 Å². The van der Waals surface area contributed by atoms with Crippen molar-refractivity contribution in [1.82, 2.24) is 9.62 Å². The molecule has 1 aromatic rings. The van der Waals surface area contributed by atoms with Crippen LogP contribution in [0.4, 0.5) is 0 Å². The highest BCUT2D eigenvalue weighted by molar-refractivity contribution is 7.89. The topological polar surface area (TPSA) is 105 Å². The SMILES string of the molecule is Cc1cc(S(=O)(=O)N2CCOCC2)ccc1OCC(=O)NCCCO. The lowest BCUT2D eigenvalue weighted by atomic mass is 10.2. The van der Waals surface area contributed by atoms with Gasteiger partial charge in [-0.1, -0.05) is 0 Å². The number of sulfonamides is 1. The third kappa shape index (κ3) is 5.40. The lowest BCUT2D eigenvalue weighted by Gasteiger charge is -2.26. The van der Waals surface area contributed by atoms with Gasteiger partial charge >= 0.3 is 0 Å². The molecule has 1 aliphatic rings. The highest BCUT2D eigenvalue weighted by atomic mass is 32.2. The molecule has 1 fully saturated rings. The van der Waals surface area contributed by atoms with Gasteiger partial charge in [0.1, 0.15) is 5.75 Å². The molecule has 1 amide bonds. The molecule has 8 nitrogen and oxygen atoms in total. The summed E-state index contributed by atoms with van der Waals surface area (Å²) in [7, 11) is -3.55. The number of carbonyl (C=O) groups is 1. The van der Waals surface area contributed by atoms with Crippen LogP contribution in [0.25, 0.3) is 0 Å². The Labute approximate surface area is 147 Å². The number of benzene rings is 1. The Hall–Kier alpha value is -1.68. The zero-order chi connectivity index (χ0) is 18.3. The minimum atomic E-state index is -3.55. The minimum Gasteiger partial charge on any atom is -0.484 e. The number of carbonyl (C=O) groups excluding carboxylic acids is 1. The van der Waals surface area contributed by atoms with E-state index < -0.39 is 10.0 Å². The number of hydrogen-bond acceptors (Lipinski definition) is 6. The second-order valence-corrected chi connectivity index (χ2v) is 7.60. The van der Waals surface area contributed by atoms with Crippen LogP contribution in [0.15, 0.2) is 23.1 Å². The van der Waals surface area contributed by atoms with Gasteiger partial charge in [0, 0.05) is 26.2 Å². The molecule has 0 aromatic heterocycles. The second-order valence-electron chi connectivity index (χ2n) is 5.66. The van der Waals surface area contributed by atoms with Crippen molar-refractivity contribution in [1.29, 1.82) is 0 Å². The number of aliphatic hydroxyl groups excluding tert-OH is 1. The van der Waals surface area contributed by atoms with E-state index in [2.05, 4.69) is 5.32 Å². The van der Waals surface area contributed by atoms with Gasteiger partial charge < -0.3 is 19.9 Å². The lowest BCUT2D eigenvalue weighted by molar-refractivity contribution is -0.123. The standard InChI is InChI=1S/C16H24N2O6S/c1-13-11-14(25(21,22)18-6-9-23-10-7-18)3-4-15(13)24-12-16(20)17-5-2-8-19/h3-4,11,19H,2,5-10,12H2,1H3,(H,17,20). The van der Waals surface area contributed by atoms with Crippen LogP contribution in [0.2, 0.25) is 0 Å². The Morgan fingerprint density at radius 3 is 2.72 bits per heavy atom. The molecular formula is C16H24N2O6S. The van der Waals surface area contributed by atoms with Gasteiger partial charge in [-0.05, 0) is 37.1 Å². The monoisotopic (exact) mass is 372 g/mol. The molecule has 140 valence electrons. The Morgan fingerprint density at radius 2 is 2.08 bits per heavy atom. The van der Waals surface area contributed by atoms with E-state index in [-0.39, 0.29) is 24.0 Å². The van der Waals surface area contributed by atoms with Crippen LogP contribution in [-0.4, -0.2) is 69.8 Å². The first-order valence-electron chi connectivity index (χ1n) is 8.14. The summed E-state index contributed by atoms with van der Waals surface area (Å²) < 4.78 is 37.2. The van der Waals surface area contributed by atoms with Crippen LogP contribution in [0.5, 0.6) is 5.75 Å². The predicted octanol–water partition coefficient (Wildman–Crippen LogP) is -0.107. The number of aryl methyl sites for hydroxylation is 1. The van der Waals surface area contributed by atoms with Gasteiger partial charge in [-0.2, -0.15) is 4.31 Å². The maximum absolute atomic E-state index is 12.6. The molecule has 9 heteroatoms. The third-order valence-corrected chi connectivity index (χ3v) is 5.66. The highest BCUT2D eigenvalue weighted by Gasteiger charge is 2.26. The van der Waals surface area contributed by atoms with Crippen LogP contribution in [-0.2, 0) is 19.6 Å². The molecule has 25 heavy (non-hydrogen) atoms. The summed E-state index contributed by atoms with van der Waals surface area (Å²) in [5.41, 5.74) is 0.637. The maximum atomic E-state index is 12.6. The van der Waals surface area contributed by atoms with E-state index in [1.54, 1.807) is 19.1 Å². The number of morpholine rings is 1. The van der Waals surface area contributed by atoms with Crippen molar-refractivity contribution in [3.05, 3.63) is 23.8 Å². The van der Waals surface area contributed by atoms with E-state index in [0.29, 0.717) is 50.6 Å². The summed E-state index contributed by atoms with van der Waals surface area (Å²) in [5.74, 6) is 0.163. The van der Waals surface area contributed by atoms with Crippen molar-refractivity contribution < 1.29 is 27.8 Å². The first-order valence-corrected chi connectivity index (χ1v) is 9.58. The smallest absolute Gasteiger partial charge is 0.257 e. The Bertz CT molecular complexity index is 686. The van der Waals surface area contributed by atoms with Crippen LogP contribution in [0.3, 0.4) is 0 Å². The van der Waals surface area contributed by atoms with Crippen molar-refractivity contribution in [2.75, 3.05) is 46.1 Å². The molecule has 1 aromatic carbocycles.